The Morgan fingerprint density at radius 3 is 2.56 bits per heavy atom. The maximum atomic E-state index is 10.3. The number of benzene rings is 1. The Kier molecular flexibility index (Phi) is 2.52. The van der Waals surface area contributed by atoms with Crippen LogP contribution in [-0.4, -0.2) is 5.11 Å². The number of hydrogen-bond donors (Lipinski definition) is 1. The van der Waals surface area contributed by atoms with Crippen LogP contribution in [0.15, 0.2) is 18.2 Å². The SMILES string of the molecule is Cc1cccc([C@@H]2C[C@H]3C[C@H]2[C@@H](C)C3(C)C)c1O. The number of phenolic OH excluding ortho intramolecular Hbond substituents is 1. The van der Waals surface area contributed by atoms with Crippen LogP contribution in [0.1, 0.15) is 50.7 Å². The zero-order chi connectivity index (χ0) is 13.1. The van der Waals surface area contributed by atoms with Crippen molar-refractivity contribution in [3.63, 3.8) is 0 Å². The molecule has 3 rings (SSSR count). The number of rotatable bonds is 1. The topological polar surface area (TPSA) is 20.2 Å². The first-order valence-corrected chi connectivity index (χ1v) is 7.21. The minimum atomic E-state index is 0.487. The van der Waals surface area contributed by atoms with Gasteiger partial charge in [-0.1, -0.05) is 39.0 Å². The molecule has 0 radical (unpaired) electrons. The van der Waals surface area contributed by atoms with Crippen molar-refractivity contribution in [1.82, 2.24) is 0 Å². The van der Waals surface area contributed by atoms with Crippen LogP contribution in [0.2, 0.25) is 0 Å². The molecule has 4 atom stereocenters. The van der Waals surface area contributed by atoms with Crippen LogP contribution in [0, 0.1) is 30.1 Å². The molecule has 2 aliphatic carbocycles. The lowest BCUT2D eigenvalue weighted by Crippen LogP contribution is -2.32. The van der Waals surface area contributed by atoms with E-state index in [0.717, 1.165) is 23.3 Å². The lowest BCUT2D eigenvalue weighted by molar-refractivity contribution is 0.121. The van der Waals surface area contributed by atoms with E-state index < -0.39 is 0 Å². The molecule has 1 aromatic carbocycles. The van der Waals surface area contributed by atoms with Gasteiger partial charge in [0, 0.05) is 0 Å². The Morgan fingerprint density at radius 1 is 1.22 bits per heavy atom. The molecule has 0 unspecified atom stereocenters. The summed E-state index contributed by atoms with van der Waals surface area (Å²) < 4.78 is 0. The van der Waals surface area contributed by atoms with Gasteiger partial charge in [0.05, 0.1) is 0 Å². The average Bonchev–Trinajstić information content (AvgIpc) is 2.83. The van der Waals surface area contributed by atoms with Crippen LogP contribution in [0.25, 0.3) is 0 Å². The van der Waals surface area contributed by atoms with E-state index in [1.165, 1.54) is 18.4 Å². The van der Waals surface area contributed by atoms with Crippen molar-refractivity contribution in [1.29, 1.82) is 0 Å². The van der Waals surface area contributed by atoms with E-state index in [9.17, 15) is 5.11 Å². The third kappa shape index (κ3) is 1.46. The summed E-state index contributed by atoms with van der Waals surface area (Å²) >= 11 is 0. The molecular weight excluding hydrogens is 220 g/mol. The van der Waals surface area contributed by atoms with Crippen molar-refractivity contribution >= 4 is 0 Å². The second-order valence-corrected chi connectivity index (χ2v) is 7.06. The van der Waals surface area contributed by atoms with Crippen LogP contribution in [0.4, 0.5) is 0 Å². The fraction of sp³-hybridized carbons (Fsp3) is 0.647. The molecule has 2 aliphatic rings. The summed E-state index contributed by atoms with van der Waals surface area (Å²) in [4.78, 5) is 0. The van der Waals surface area contributed by atoms with Crippen molar-refractivity contribution in [3.8, 4) is 5.75 Å². The molecule has 0 amide bonds. The molecule has 2 saturated carbocycles. The molecule has 0 spiro atoms. The Hall–Kier alpha value is -0.980. The predicted molar refractivity (Wildman–Crippen MR) is 74.7 cm³/mol. The molecule has 0 aliphatic heterocycles. The minimum absolute atomic E-state index is 0.487. The van der Waals surface area contributed by atoms with Crippen molar-refractivity contribution in [3.05, 3.63) is 29.3 Å². The van der Waals surface area contributed by atoms with Gasteiger partial charge in [0.1, 0.15) is 5.75 Å². The highest BCUT2D eigenvalue weighted by Crippen LogP contribution is 2.64. The van der Waals surface area contributed by atoms with Crippen LogP contribution in [0.3, 0.4) is 0 Å². The predicted octanol–water partition coefficient (Wildman–Crippen LogP) is 4.49. The Labute approximate surface area is 110 Å². The lowest BCUT2D eigenvalue weighted by atomic mass is 9.65. The summed E-state index contributed by atoms with van der Waals surface area (Å²) in [5.41, 5.74) is 2.70. The summed E-state index contributed by atoms with van der Waals surface area (Å²) in [5, 5.41) is 10.3. The molecule has 0 heterocycles. The molecule has 0 saturated heterocycles. The van der Waals surface area contributed by atoms with Gasteiger partial charge in [-0.2, -0.15) is 0 Å². The fourth-order valence-corrected chi connectivity index (χ4v) is 4.49. The minimum Gasteiger partial charge on any atom is -0.507 e. The number of phenols is 1. The van der Waals surface area contributed by atoms with Crippen LogP contribution in [0.5, 0.6) is 5.75 Å². The lowest BCUT2D eigenvalue weighted by Gasteiger charge is -2.40. The van der Waals surface area contributed by atoms with Gasteiger partial charge in [0.25, 0.3) is 0 Å². The first kappa shape index (κ1) is 12.1. The van der Waals surface area contributed by atoms with Gasteiger partial charge in [-0.05, 0) is 60.0 Å². The van der Waals surface area contributed by atoms with Crippen LogP contribution < -0.4 is 0 Å². The van der Waals surface area contributed by atoms with Gasteiger partial charge in [-0.3, -0.25) is 0 Å². The molecule has 0 aromatic heterocycles. The Morgan fingerprint density at radius 2 is 1.94 bits per heavy atom. The summed E-state index contributed by atoms with van der Waals surface area (Å²) in [5.74, 6) is 3.49. The highest BCUT2D eigenvalue weighted by Gasteiger charge is 2.55. The molecule has 1 N–H and O–H groups in total. The molecule has 1 nitrogen and oxygen atoms in total. The first-order chi connectivity index (χ1) is 8.43. The van der Waals surface area contributed by atoms with Gasteiger partial charge >= 0.3 is 0 Å². The summed E-state index contributed by atoms with van der Waals surface area (Å²) in [7, 11) is 0. The summed E-state index contributed by atoms with van der Waals surface area (Å²) in [6.45, 7) is 9.26. The number of aromatic hydroxyl groups is 1. The highest BCUT2D eigenvalue weighted by atomic mass is 16.3. The van der Waals surface area contributed by atoms with E-state index in [0.29, 0.717) is 17.1 Å². The molecule has 18 heavy (non-hydrogen) atoms. The van der Waals surface area contributed by atoms with Gasteiger partial charge in [-0.25, -0.2) is 0 Å². The Balaban J connectivity index is 1.96. The normalized spacial score (nSPS) is 37.1. The van der Waals surface area contributed by atoms with Crippen molar-refractivity contribution in [2.45, 2.75) is 46.5 Å². The van der Waals surface area contributed by atoms with Crippen LogP contribution >= 0.6 is 0 Å². The molecular formula is C17H24O. The number of fused-ring (bicyclic) bond motifs is 2. The van der Waals surface area contributed by atoms with E-state index in [1.54, 1.807) is 0 Å². The van der Waals surface area contributed by atoms with Crippen molar-refractivity contribution < 1.29 is 5.11 Å². The average molecular weight is 244 g/mol. The molecule has 2 fully saturated rings. The quantitative estimate of drug-likeness (QED) is 0.772. The molecule has 1 heteroatoms. The summed E-state index contributed by atoms with van der Waals surface area (Å²) in [6, 6.07) is 6.22. The smallest absolute Gasteiger partial charge is 0.121 e. The van der Waals surface area contributed by atoms with Gasteiger partial charge in [-0.15, -0.1) is 0 Å². The molecule has 2 bridgehead atoms. The zero-order valence-electron chi connectivity index (χ0n) is 11.9. The largest absolute Gasteiger partial charge is 0.507 e. The molecule has 98 valence electrons. The summed E-state index contributed by atoms with van der Waals surface area (Å²) in [6.07, 6.45) is 2.62. The number of para-hydroxylation sites is 1. The standard InChI is InChI=1S/C17H24O/c1-10-6-5-7-13(16(10)18)15-9-12-8-14(15)11(2)17(12,3)4/h5-7,11-12,14-15,18H,8-9H2,1-4H3/t11-,12-,14+,15+/m1/s1. The van der Waals surface area contributed by atoms with E-state index in [2.05, 4.69) is 32.9 Å². The second kappa shape index (κ2) is 3.76. The monoisotopic (exact) mass is 244 g/mol. The zero-order valence-corrected chi connectivity index (χ0v) is 11.9. The fourth-order valence-electron chi connectivity index (χ4n) is 4.49. The molecule has 1 aromatic rings. The number of aryl methyl sites for hydroxylation is 1. The number of hydrogen-bond acceptors (Lipinski definition) is 1. The van der Waals surface area contributed by atoms with Gasteiger partial charge < -0.3 is 5.11 Å². The van der Waals surface area contributed by atoms with Crippen molar-refractivity contribution in [2.75, 3.05) is 0 Å². The second-order valence-electron chi connectivity index (χ2n) is 7.06. The maximum Gasteiger partial charge on any atom is 0.121 e. The third-order valence-electron chi connectivity index (χ3n) is 6.15. The van der Waals surface area contributed by atoms with E-state index >= 15 is 0 Å². The first-order valence-electron chi connectivity index (χ1n) is 7.21. The van der Waals surface area contributed by atoms with Crippen molar-refractivity contribution in [2.24, 2.45) is 23.2 Å². The third-order valence-corrected chi connectivity index (χ3v) is 6.15. The maximum absolute atomic E-state index is 10.3. The highest BCUT2D eigenvalue weighted by molar-refractivity contribution is 5.43. The van der Waals surface area contributed by atoms with E-state index in [1.807, 2.05) is 13.0 Å². The Bertz CT molecular complexity index is 470. The van der Waals surface area contributed by atoms with E-state index in [4.69, 9.17) is 0 Å². The van der Waals surface area contributed by atoms with Gasteiger partial charge in [0.2, 0.25) is 0 Å². The van der Waals surface area contributed by atoms with E-state index in [-0.39, 0.29) is 0 Å². The van der Waals surface area contributed by atoms with Crippen LogP contribution in [-0.2, 0) is 0 Å². The van der Waals surface area contributed by atoms with Gasteiger partial charge in [0.15, 0.2) is 0 Å².